The molecule has 0 radical (unpaired) electrons. The molecule has 2 amide bonds. The van der Waals surface area contributed by atoms with Gasteiger partial charge in [0.2, 0.25) is 0 Å². The van der Waals surface area contributed by atoms with Crippen LogP contribution in [0.2, 0.25) is 0 Å². The average Bonchev–Trinajstić information content (AvgIpc) is 2.78. The maximum atomic E-state index is 12.1. The van der Waals surface area contributed by atoms with Crippen LogP contribution in [0.1, 0.15) is 18.9 Å². The van der Waals surface area contributed by atoms with Crippen molar-refractivity contribution >= 4 is 6.03 Å². The molecule has 1 aromatic rings. The van der Waals surface area contributed by atoms with Gasteiger partial charge in [0.15, 0.2) is 0 Å². The Morgan fingerprint density at radius 2 is 2.00 bits per heavy atom. The molecule has 0 aliphatic carbocycles. The van der Waals surface area contributed by atoms with E-state index < -0.39 is 0 Å². The van der Waals surface area contributed by atoms with Gasteiger partial charge in [0.1, 0.15) is 0 Å². The van der Waals surface area contributed by atoms with Crippen molar-refractivity contribution in [3.8, 4) is 11.8 Å². The largest absolute Gasteiger partial charge is 0.327 e. The van der Waals surface area contributed by atoms with Crippen molar-refractivity contribution in [2.45, 2.75) is 13.3 Å². The van der Waals surface area contributed by atoms with Gasteiger partial charge < -0.3 is 15.1 Å². The molecule has 0 spiro atoms. The number of nitrogens with one attached hydrogen (secondary N) is 1. The van der Waals surface area contributed by atoms with Crippen molar-refractivity contribution in [3.63, 3.8) is 0 Å². The molecule has 1 N–H and O–H groups in total. The Morgan fingerprint density at radius 1 is 1.19 bits per heavy atom. The van der Waals surface area contributed by atoms with Crippen LogP contribution in [0.25, 0.3) is 0 Å². The molecule has 0 unspecified atom stereocenters. The normalized spacial score (nSPS) is 15.8. The first-order chi connectivity index (χ1) is 10.3. The summed E-state index contributed by atoms with van der Waals surface area (Å²) in [5.74, 6) is 6.03. The number of benzene rings is 1. The third-order valence-electron chi connectivity index (χ3n) is 3.66. The van der Waals surface area contributed by atoms with E-state index in [2.05, 4.69) is 29.0 Å². The molecule has 21 heavy (non-hydrogen) atoms. The Balaban J connectivity index is 1.76. The lowest BCUT2D eigenvalue weighted by Gasteiger charge is -2.21. The number of urea groups is 1. The molecule has 1 fully saturated rings. The molecule has 2 rings (SSSR count). The number of likely N-dealkylation sites (N-methyl/N-ethyl adjacent to an activating group) is 1. The Labute approximate surface area is 127 Å². The van der Waals surface area contributed by atoms with Crippen LogP contribution in [0, 0.1) is 11.8 Å². The molecule has 1 aromatic carbocycles. The maximum Gasteiger partial charge on any atom is 0.318 e. The lowest BCUT2D eigenvalue weighted by atomic mass is 10.2. The van der Waals surface area contributed by atoms with Gasteiger partial charge in [-0.2, -0.15) is 0 Å². The number of nitrogens with zero attached hydrogens (tertiary/aromatic N) is 2. The van der Waals surface area contributed by atoms with Gasteiger partial charge in [-0.05, 0) is 31.6 Å². The number of amides is 2. The zero-order chi connectivity index (χ0) is 14.9. The van der Waals surface area contributed by atoms with E-state index in [1.807, 2.05) is 35.2 Å². The summed E-state index contributed by atoms with van der Waals surface area (Å²) in [5, 5.41) is 2.88. The number of carbonyl (C=O) groups is 1. The van der Waals surface area contributed by atoms with Crippen molar-refractivity contribution < 1.29 is 4.79 Å². The molecule has 112 valence electrons. The Bertz CT molecular complexity index is 504. The highest BCUT2D eigenvalue weighted by Gasteiger charge is 2.17. The summed E-state index contributed by atoms with van der Waals surface area (Å²) >= 11 is 0. The summed E-state index contributed by atoms with van der Waals surface area (Å²) in [7, 11) is 0. The quantitative estimate of drug-likeness (QED) is 0.841. The molecular weight excluding hydrogens is 262 g/mol. The number of carbonyl (C=O) groups excluding carboxylic acids is 1. The van der Waals surface area contributed by atoms with E-state index in [0.717, 1.165) is 44.7 Å². The van der Waals surface area contributed by atoms with E-state index in [0.29, 0.717) is 6.54 Å². The summed E-state index contributed by atoms with van der Waals surface area (Å²) in [4.78, 5) is 16.4. The standard InChI is InChI=1S/C17H23N3O/c1-2-19-12-7-13-20(15-14-19)17(21)18-11-6-10-16-8-4-3-5-9-16/h3-5,8-9H,2,7,11-15H2,1H3,(H,18,21). The van der Waals surface area contributed by atoms with Gasteiger partial charge in [0.25, 0.3) is 0 Å². The minimum Gasteiger partial charge on any atom is -0.327 e. The molecule has 4 nitrogen and oxygen atoms in total. The van der Waals surface area contributed by atoms with Crippen molar-refractivity contribution in [1.82, 2.24) is 15.1 Å². The topological polar surface area (TPSA) is 35.6 Å². The minimum absolute atomic E-state index is 0.00434. The second kappa shape index (κ2) is 8.33. The van der Waals surface area contributed by atoms with Crippen LogP contribution in [0.3, 0.4) is 0 Å². The van der Waals surface area contributed by atoms with Crippen LogP contribution >= 0.6 is 0 Å². The molecule has 1 saturated heterocycles. The Hall–Kier alpha value is -1.99. The highest BCUT2D eigenvalue weighted by atomic mass is 16.2. The highest BCUT2D eigenvalue weighted by molar-refractivity contribution is 5.74. The van der Waals surface area contributed by atoms with Crippen LogP contribution < -0.4 is 5.32 Å². The second-order valence-corrected chi connectivity index (χ2v) is 5.10. The van der Waals surface area contributed by atoms with Crippen LogP contribution in [-0.4, -0.2) is 55.1 Å². The monoisotopic (exact) mass is 285 g/mol. The van der Waals surface area contributed by atoms with Crippen LogP contribution in [-0.2, 0) is 0 Å². The van der Waals surface area contributed by atoms with E-state index in [-0.39, 0.29) is 6.03 Å². The zero-order valence-electron chi connectivity index (χ0n) is 12.6. The molecular formula is C17H23N3O. The fourth-order valence-corrected chi connectivity index (χ4v) is 2.39. The van der Waals surface area contributed by atoms with Crippen molar-refractivity contribution in [1.29, 1.82) is 0 Å². The van der Waals surface area contributed by atoms with Gasteiger partial charge in [-0.1, -0.05) is 37.0 Å². The molecule has 1 heterocycles. The predicted octanol–water partition coefficient (Wildman–Crippen LogP) is 1.78. The highest BCUT2D eigenvalue weighted by Crippen LogP contribution is 2.02. The summed E-state index contributed by atoms with van der Waals surface area (Å²) in [5.41, 5.74) is 0.972. The first kappa shape index (κ1) is 15.4. The molecule has 1 aliphatic rings. The molecule has 0 aromatic heterocycles. The van der Waals surface area contributed by atoms with E-state index in [4.69, 9.17) is 0 Å². The van der Waals surface area contributed by atoms with Gasteiger partial charge in [0.05, 0.1) is 6.54 Å². The number of hydrogen-bond donors (Lipinski definition) is 1. The first-order valence-corrected chi connectivity index (χ1v) is 7.58. The van der Waals surface area contributed by atoms with E-state index in [1.165, 1.54) is 0 Å². The number of rotatable bonds is 2. The average molecular weight is 285 g/mol. The number of hydrogen-bond acceptors (Lipinski definition) is 2. The van der Waals surface area contributed by atoms with Crippen LogP contribution in [0.15, 0.2) is 30.3 Å². The summed E-state index contributed by atoms with van der Waals surface area (Å²) < 4.78 is 0. The molecule has 0 saturated carbocycles. The van der Waals surface area contributed by atoms with E-state index in [1.54, 1.807) is 0 Å². The summed E-state index contributed by atoms with van der Waals surface area (Å²) in [6.07, 6.45) is 1.04. The van der Waals surface area contributed by atoms with Gasteiger partial charge >= 0.3 is 6.03 Å². The first-order valence-electron chi connectivity index (χ1n) is 7.58. The predicted molar refractivity (Wildman–Crippen MR) is 85.0 cm³/mol. The molecule has 0 bridgehead atoms. The SMILES string of the molecule is CCN1CCCN(C(=O)NCC#Cc2ccccc2)CC1. The van der Waals surface area contributed by atoms with Crippen molar-refractivity contribution in [2.24, 2.45) is 0 Å². The fourth-order valence-electron chi connectivity index (χ4n) is 2.39. The Morgan fingerprint density at radius 3 is 2.76 bits per heavy atom. The second-order valence-electron chi connectivity index (χ2n) is 5.10. The minimum atomic E-state index is -0.00434. The lowest BCUT2D eigenvalue weighted by Crippen LogP contribution is -2.42. The van der Waals surface area contributed by atoms with E-state index in [9.17, 15) is 4.79 Å². The maximum absolute atomic E-state index is 12.1. The molecule has 4 heteroatoms. The van der Waals surface area contributed by atoms with Gasteiger partial charge in [0, 0.05) is 25.2 Å². The van der Waals surface area contributed by atoms with Gasteiger partial charge in [-0.15, -0.1) is 0 Å². The zero-order valence-corrected chi connectivity index (χ0v) is 12.6. The summed E-state index contributed by atoms with van der Waals surface area (Å²) in [6, 6.07) is 9.80. The fraction of sp³-hybridized carbons (Fsp3) is 0.471. The van der Waals surface area contributed by atoms with Crippen LogP contribution in [0.5, 0.6) is 0 Å². The van der Waals surface area contributed by atoms with Crippen molar-refractivity contribution in [3.05, 3.63) is 35.9 Å². The van der Waals surface area contributed by atoms with Crippen molar-refractivity contribution in [2.75, 3.05) is 39.3 Å². The van der Waals surface area contributed by atoms with Crippen LogP contribution in [0.4, 0.5) is 4.79 Å². The lowest BCUT2D eigenvalue weighted by molar-refractivity contribution is 0.200. The Kier molecular flexibility index (Phi) is 6.11. The molecule has 0 atom stereocenters. The van der Waals surface area contributed by atoms with Gasteiger partial charge in [-0.3, -0.25) is 0 Å². The smallest absolute Gasteiger partial charge is 0.318 e. The van der Waals surface area contributed by atoms with E-state index >= 15 is 0 Å². The van der Waals surface area contributed by atoms with Gasteiger partial charge in [-0.25, -0.2) is 4.79 Å². The molecule has 1 aliphatic heterocycles. The third-order valence-corrected chi connectivity index (χ3v) is 3.66. The summed E-state index contributed by atoms with van der Waals surface area (Å²) in [6.45, 7) is 7.27. The third kappa shape index (κ3) is 5.13.